The van der Waals surface area contributed by atoms with Crippen molar-refractivity contribution in [3.8, 4) is 0 Å². The van der Waals surface area contributed by atoms with Gasteiger partial charge in [-0.25, -0.2) is 0 Å². The van der Waals surface area contributed by atoms with E-state index >= 15 is 0 Å². The Morgan fingerprint density at radius 3 is 2.88 bits per heavy atom. The standard InChI is InChI=1S/C11H18N6/c1-3-16-9-13-15-11(16)8-12-7-10-5-6-14-17(10)4-2/h5-6,9,12H,3-4,7-8H2,1-2H3. The van der Waals surface area contributed by atoms with E-state index in [0.29, 0.717) is 0 Å². The smallest absolute Gasteiger partial charge is 0.146 e. The van der Waals surface area contributed by atoms with Gasteiger partial charge in [0, 0.05) is 25.8 Å². The molecule has 0 aliphatic heterocycles. The molecule has 0 radical (unpaired) electrons. The summed E-state index contributed by atoms with van der Waals surface area (Å²) < 4.78 is 4.02. The van der Waals surface area contributed by atoms with Gasteiger partial charge >= 0.3 is 0 Å². The quantitative estimate of drug-likeness (QED) is 0.803. The summed E-state index contributed by atoms with van der Waals surface area (Å²) >= 11 is 0. The summed E-state index contributed by atoms with van der Waals surface area (Å²) in [6, 6.07) is 2.03. The van der Waals surface area contributed by atoms with E-state index in [1.807, 2.05) is 21.5 Å². The molecule has 2 aromatic heterocycles. The third kappa shape index (κ3) is 2.71. The zero-order valence-corrected chi connectivity index (χ0v) is 10.3. The second-order valence-corrected chi connectivity index (χ2v) is 3.78. The Morgan fingerprint density at radius 1 is 1.24 bits per heavy atom. The average molecular weight is 234 g/mol. The van der Waals surface area contributed by atoms with Crippen LogP contribution in [0, 0.1) is 0 Å². The van der Waals surface area contributed by atoms with Crippen LogP contribution in [0.3, 0.4) is 0 Å². The van der Waals surface area contributed by atoms with Gasteiger partial charge in [-0.3, -0.25) is 4.68 Å². The Bertz CT molecular complexity index is 416. The summed E-state index contributed by atoms with van der Waals surface area (Å²) in [5.74, 6) is 0.968. The van der Waals surface area contributed by atoms with E-state index in [-0.39, 0.29) is 0 Å². The normalized spacial score (nSPS) is 10.9. The van der Waals surface area contributed by atoms with Crippen LogP contribution >= 0.6 is 0 Å². The predicted molar refractivity (Wildman–Crippen MR) is 64.1 cm³/mol. The zero-order valence-electron chi connectivity index (χ0n) is 10.3. The minimum atomic E-state index is 0.725. The second-order valence-electron chi connectivity index (χ2n) is 3.78. The molecule has 2 rings (SSSR count). The molecule has 0 unspecified atom stereocenters. The molecule has 2 aromatic rings. The maximum Gasteiger partial charge on any atom is 0.146 e. The molecule has 92 valence electrons. The monoisotopic (exact) mass is 234 g/mol. The van der Waals surface area contributed by atoms with E-state index in [1.165, 1.54) is 5.69 Å². The van der Waals surface area contributed by atoms with Crippen molar-refractivity contribution in [2.24, 2.45) is 0 Å². The fourth-order valence-corrected chi connectivity index (χ4v) is 1.78. The molecule has 0 saturated heterocycles. The highest BCUT2D eigenvalue weighted by Gasteiger charge is 2.03. The van der Waals surface area contributed by atoms with Crippen molar-refractivity contribution >= 4 is 0 Å². The highest BCUT2D eigenvalue weighted by molar-refractivity contribution is 5.00. The average Bonchev–Trinajstić information content (AvgIpc) is 2.97. The Labute approximate surface area is 101 Å². The van der Waals surface area contributed by atoms with E-state index in [4.69, 9.17) is 0 Å². The van der Waals surface area contributed by atoms with Crippen LogP contribution in [0.2, 0.25) is 0 Å². The molecule has 0 fully saturated rings. The first-order valence-electron chi connectivity index (χ1n) is 5.93. The molecular formula is C11H18N6. The lowest BCUT2D eigenvalue weighted by Gasteiger charge is -2.07. The van der Waals surface area contributed by atoms with Crippen LogP contribution < -0.4 is 5.32 Å². The summed E-state index contributed by atoms with van der Waals surface area (Å²) in [5, 5.41) is 15.6. The highest BCUT2D eigenvalue weighted by Crippen LogP contribution is 1.99. The number of nitrogens with one attached hydrogen (secondary N) is 1. The molecule has 0 atom stereocenters. The number of hydrogen-bond acceptors (Lipinski definition) is 4. The topological polar surface area (TPSA) is 60.6 Å². The fourth-order valence-electron chi connectivity index (χ4n) is 1.78. The van der Waals surface area contributed by atoms with Gasteiger partial charge in [0.15, 0.2) is 0 Å². The van der Waals surface area contributed by atoms with E-state index in [9.17, 15) is 0 Å². The number of hydrogen-bond donors (Lipinski definition) is 1. The lowest BCUT2D eigenvalue weighted by Crippen LogP contribution is -2.18. The number of nitrogens with zero attached hydrogens (tertiary/aromatic N) is 5. The van der Waals surface area contributed by atoms with Gasteiger partial charge in [-0.1, -0.05) is 0 Å². The largest absolute Gasteiger partial charge is 0.317 e. The number of aromatic nitrogens is 5. The van der Waals surface area contributed by atoms with Crippen molar-refractivity contribution in [2.45, 2.75) is 40.0 Å². The highest BCUT2D eigenvalue weighted by atomic mass is 15.3. The first-order valence-corrected chi connectivity index (χ1v) is 5.93. The van der Waals surface area contributed by atoms with Crippen LogP contribution in [-0.2, 0) is 26.2 Å². The van der Waals surface area contributed by atoms with Crippen molar-refractivity contribution in [1.82, 2.24) is 29.9 Å². The van der Waals surface area contributed by atoms with Gasteiger partial charge < -0.3 is 9.88 Å². The molecular weight excluding hydrogens is 216 g/mol. The van der Waals surface area contributed by atoms with Crippen molar-refractivity contribution < 1.29 is 0 Å². The maximum absolute atomic E-state index is 4.23. The summed E-state index contributed by atoms with van der Waals surface area (Å²) in [6.45, 7) is 7.49. The summed E-state index contributed by atoms with van der Waals surface area (Å²) in [5.41, 5.74) is 1.19. The first-order chi connectivity index (χ1) is 8.35. The van der Waals surface area contributed by atoms with Gasteiger partial charge in [0.05, 0.1) is 12.2 Å². The molecule has 0 bridgehead atoms. The van der Waals surface area contributed by atoms with Crippen molar-refractivity contribution in [3.05, 3.63) is 30.1 Å². The SMILES string of the molecule is CCn1cnnc1CNCc1ccnn1CC. The number of rotatable bonds is 6. The molecule has 6 nitrogen and oxygen atoms in total. The number of aryl methyl sites for hydroxylation is 2. The fraction of sp³-hybridized carbons (Fsp3) is 0.545. The van der Waals surface area contributed by atoms with Crippen LogP contribution in [0.25, 0.3) is 0 Å². The van der Waals surface area contributed by atoms with Gasteiger partial charge in [-0.15, -0.1) is 10.2 Å². The summed E-state index contributed by atoms with van der Waals surface area (Å²) in [6.07, 6.45) is 3.59. The van der Waals surface area contributed by atoms with Crippen LogP contribution in [-0.4, -0.2) is 24.5 Å². The lowest BCUT2D eigenvalue weighted by atomic mass is 10.4. The Balaban J connectivity index is 1.87. The van der Waals surface area contributed by atoms with Crippen LogP contribution in [0.5, 0.6) is 0 Å². The first kappa shape index (κ1) is 11.8. The van der Waals surface area contributed by atoms with Crippen molar-refractivity contribution in [3.63, 3.8) is 0 Å². The molecule has 1 N–H and O–H groups in total. The molecule has 0 spiro atoms. The molecule has 6 heteroatoms. The molecule has 0 aromatic carbocycles. The Hall–Kier alpha value is -1.69. The van der Waals surface area contributed by atoms with Crippen LogP contribution in [0.4, 0.5) is 0 Å². The molecule has 0 saturated carbocycles. The van der Waals surface area contributed by atoms with Gasteiger partial charge in [0.1, 0.15) is 12.2 Å². The molecule has 0 aliphatic carbocycles. The zero-order chi connectivity index (χ0) is 12.1. The third-order valence-electron chi connectivity index (χ3n) is 2.73. The molecule has 17 heavy (non-hydrogen) atoms. The van der Waals surface area contributed by atoms with E-state index in [1.54, 1.807) is 6.33 Å². The van der Waals surface area contributed by atoms with Crippen molar-refractivity contribution in [2.75, 3.05) is 0 Å². The summed E-state index contributed by atoms with van der Waals surface area (Å²) in [4.78, 5) is 0. The Kier molecular flexibility index (Phi) is 3.87. The van der Waals surface area contributed by atoms with Crippen LogP contribution in [0.1, 0.15) is 25.4 Å². The molecule has 0 amide bonds. The van der Waals surface area contributed by atoms with E-state index in [2.05, 4.69) is 34.5 Å². The minimum Gasteiger partial charge on any atom is -0.317 e. The predicted octanol–water partition coefficient (Wildman–Crippen LogP) is 0.804. The van der Waals surface area contributed by atoms with Crippen molar-refractivity contribution in [1.29, 1.82) is 0 Å². The maximum atomic E-state index is 4.23. The van der Waals surface area contributed by atoms with Gasteiger partial charge in [-0.05, 0) is 19.9 Å². The van der Waals surface area contributed by atoms with E-state index < -0.39 is 0 Å². The van der Waals surface area contributed by atoms with E-state index in [0.717, 1.165) is 32.0 Å². The Morgan fingerprint density at radius 2 is 2.12 bits per heavy atom. The lowest BCUT2D eigenvalue weighted by molar-refractivity contribution is 0.561. The van der Waals surface area contributed by atoms with Gasteiger partial charge in [-0.2, -0.15) is 5.10 Å². The minimum absolute atomic E-state index is 0.725. The molecule has 2 heterocycles. The van der Waals surface area contributed by atoms with Crippen LogP contribution in [0.15, 0.2) is 18.6 Å². The van der Waals surface area contributed by atoms with Gasteiger partial charge in [0.2, 0.25) is 0 Å². The van der Waals surface area contributed by atoms with Gasteiger partial charge in [0.25, 0.3) is 0 Å². The summed E-state index contributed by atoms with van der Waals surface area (Å²) in [7, 11) is 0. The third-order valence-corrected chi connectivity index (χ3v) is 2.73. The molecule has 0 aliphatic rings. The second kappa shape index (κ2) is 5.58.